The number of nitrogens with one attached hydrogen (secondary N) is 1. The van der Waals surface area contributed by atoms with Crippen molar-refractivity contribution in [1.82, 2.24) is 14.6 Å². The van der Waals surface area contributed by atoms with Crippen LogP contribution in [0.3, 0.4) is 0 Å². The summed E-state index contributed by atoms with van der Waals surface area (Å²) in [7, 11) is -4.15. The third-order valence-electron chi connectivity index (χ3n) is 6.10. The molecule has 0 radical (unpaired) electrons. The molecule has 1 heterocycles. The van der Waals surface area contributed by atoms with Gasteiger partial charge in [0.15, 0.2) is 5.84 Å². The van der Waals surface area contributed by atoms with Crippen LogP contribution in [0.1, 0.15) is 24.0 Å². The summed E-state index contributed by atoms with van der Waals surface area (Å²) in [6.07, 6.45) is -4.20. The number of sulfonamides is 1. The average Bonchev–Trinajstić information content (AvgIpc) is 3.54. The second-order valence-electron chi connectivity index (χ2n) is 8.69. The largest absolute Gasteiger partial charge is 0.471 e. The number of hydrogen-bond acceptors (Lipinski definition) is 4. The zero-order chi connectivity index (χ0) is 26.5. The van der Waals surface area contributed by atoms with E-state index in [2.05, 4.69) is 9.93 Å². The molecule has 2 fully saturated rings. The molecule has 1 spiro atoms. The zero-order valence-corrected chi connectivity index (χ0v) is 21.1. The Morgan fingerprint density at radius 1 is 1.08 bits per heavy atom. The first-order valence-electron chi connectivity index (χ1n) is 10.7. The predicted molar refractivity (Wildman–Crippen MR) is 126 cm³/mol. The minimum atomic E-state index is -5.03. The maximum atomic E-state index is 13.9. The van der Waals surface area contributed by atoms with Gasteiger partial charge < -0.3 is 9.80 Å². The molecule has 1 aliphatic heterocycles. The predicted octanol–water partition coefficient (Wildman–Crippen LogP) is 4.32. The molecule has 14 heteroatoms. The van der Waals surface area contributed by atoms with E-state index in [9.17, 15) is 30.8 Å². The Bertz CT molecular complexity index is 1310. The fourth-order valence-electron chi connectivity index (χ4n) is 4.11. The minimum absolute atomic E-state index is 0.00760. The van der Waals surface area contributed by atoms with E-state index in [0.717, 1.165) is 17.7 Å². The lowest BCUT2D eigenvalue weighted by Gasteiger charge is -2.44. The number of aryl methyl sites for hydroxylation is 1. The first-order valence-corrected chi connectivity index (χ1v) is 12.9. The van der Waals surface area contributed by atoms with Crippen molar-refractivity contribution in [3.05, 3.63) is 63.4 Å². The topological polar surface area (TPSA) is 82.1 Å². The number of hydrazone groups is 1. The van der Waals surface area contributed by atoms with E-state index in [1.165, 1.54) is 12.1 Å². The Balaban J connectivity index is 1.74. The third-order valence-corrected chi connectivity index (χ3v) is 7.92. The number of amides is 1. The van der Waals surface area contributed by atoms with Gasteiger partial charge in [-0.2, -0.15) is 26.4 Å². The summed E-state index contributed by atoms with van der Waals surface area (Å²) < 4.78 is 78.7. The van der Waals surface area contributed by atoms with Gasteiger partial charge in [-0.05, 0) is 44.0 Å². The summed E-state index contributed by atoms with van der Waals surface area (Å²) in [6.45, 7) is 1.11. The molecule has 0 unspecified atom stereocenters. The van der Waals surface area contributed by atoms with E-state index in [1.54, 1.807) is 24.0 Å². The van der Waals surface area contributed by atoms with Gasteiger partial charge in [0, 0.05) is 19.6 Å². The number of carbonyl (C=O) groups is 1. The fourth-order valence-corrected chi connectivity index (χ4v) is 5.55. The van der Waals surface area contributed by atoms with E-state index < -0.39 is 33.5 Å². The van der Waals surface area contributed by atoms with Crippen molar-refractivity contribution in [2.24, 2.45) is 5.10 Å². The summed E-state index contributed by atoms with van der Waals surface area (Å²) in [4.78, 5) is 16.2. The maximum absolute atomic E-state index is 13.9. The van der Waals surface area contributed by atoms with Gasteiger partial charge >= 0.3 is 12.1 Å². The monoisotopic (exact) mass is 566 g/mol. The van der Waals surface area contributed by atoms with E-state index in [4.69, 9.17) is 23.2 Å². The fraction of sp³-hybridized carbons (Fsp3) is 0.364. The maximum Gasteiger partial charge on any atom is 0.471 e. The van der Waals surface area contributed by atoms with Crippen LogP contribution in [-0.2, 0) is 14.8 Å². The third kappa shape index (κ3) is 5.25. The van der Waals surface area contributed by atoms with Crippen molar-refractivity contribution in [2.75, 3.05) is 19.6 Å². The lowest BCUT2D eigenvalue weighted by molar-refractivity contribution is -0.187. The van der Waals surface area contributed by atoms with Crippen LogP contribution in [0.5, 0.6) is 0 Å². The van der Waals surface area contributed by atoms with Crippen LogP contribution in [0.15, 0.2) is 46.4 Å². The van der Waals surface area contributed by atoms with Crippen molar-refractivity contribution < 1.29 is 30.8 Å². The lowest BCUT2D eigenvalue weighted by atomic mass is 10.1. The Morgan fingerprint density at radius 3 is 2.19 bits per heavy atom. The zero-order valence-electron chi connectivity index (χ0n) is 18.7. The highest BCUT2D eigenvalue weighted by atomic mass is 35.5. The molecule has 2 aliphatic rings. The van der Waals surface area contributed by atoms with Gasteiger partial charge in [0.2, 0.25) is 0 Å². The standard InChI is InChI=1S/C22H20Cl2F4N4O3S/c1-13-2-4-15(5-3-13)36(34,35)30-29-19(18-16(23)10-14(25)11-17(18)24)32-9-8-31(12-21(32)6-7-21)20(33)22(26,27)28/h2-5,10-11,30H,6-9,12H2,1H3/b29-19+. The number of nitrogens with zero attached hydrogens (tertiary/aromatic N) is 3. The van der Waals surface area contributed by atoms with Gasteiger partial charge in [-0.1, -0.05) is 40.9 Å². The molecule has 7 nitrogen and oxygen atoms in total. The van der Waals surface area contributed by atoms with Crippen molar-refractivity contribution in [2.45, 2.75) is 36.4 Å². The normalized spacial score (nSPS) is 17.9. The van der Waals surface area contributed by atoms with Gasteiger partial charge in [-0.3, -0.25) is 4.79 Å². The molecule has 2 aromatic rings. The van der Waals surface area contributed by atoms with Crippen LogP contribution < -0.4 is 4.83 Å². The Kier molecular flexibility index (Phi) is 6.91. The van der Waals surface area contributed by atoms with E-state index in [1.807, 2.05) is 0 Å². The Labute approximate surface area is 214 Å². The molecular formula is C22H20Cl2F4N4O3S. The molecule has 1 saturated heterocycles. The first kappa shape index (κ1) is 26.5. The van der Waals surface area contributed by atoms with Crippen molar-refractivity contribution in [1.29, 1.82) is 0 Å². The molecular weight excluding hydrogens is 547 g/mol. The lowest BCUT2D eigenvalue weighted by Crippen LogP contribution is -2.60. The first-order chi connectivity index (χ1) is 16.7. The quantitative estimate of drug-likeness (QED) is 0.258. The van der Waals surface area contributed by atoms with Crippen LogP contribution in [0.4, 0.5) is 17.6 Å². The molecule has 1 aliphatic carbocycles. The molecule has 1 saturated carbocycles. The molecule has 36 heavy (non-hydrogen) atoms. The molecule has 0 bridgehead atoms. The van der Waals surface area contributed by atoms with E-state index >= 15 is 0 Å². The number of hydrogen-bond donors (Lipinski definition) is 1. The van der Waals surface area contributed by atoms with Crippen molar-refractivity contribution in [3.63, 3.8) is 0 Å². The number of piperazine rings is 1. The molecule has 2 aromatic carbocycles. The van der Waals surface area contributed by atoms with Gasteiger partial charge in [0.25, 0.3) is 10.0 Å². The summed E-state index contributed by atoms with van der Waals surface area (Å²) in [6, 6.07) is 7.90. The Morgan fingerprint density at radius 2 is 1.67 bits per heavy atom. The summed E-state index contributed by atoms with van der Waals surface area (Å²) in [5.74, 6) is -2.78. The molecule has 1 amide bonds. The number of rotatable bonds is 4. The van der Waals surface area contributed by atoms with Gasteiger partial charge in [0.1, 0.15) is 5.82 Å². The van der Waals surface area contributed by atoms with Gasteiger partial charge in [0.05, 0.1) is 26.0 Å². The van der Waals surface area contributed by atoms with Crippen LogP contribution in [0, 0.1) is 12.7 Å². The van der Waals surface area contributed by atoms with Crippen LogP contribution >= 0.6 is 23.2 Å². The van der Waals surface area contributed by atoms with Crippen LogP contribution in [0.2, 0.25) is 10.0 Å². The molecule has 194 valence electrons. The molecule has 4 rings (SSSR count). The molecule has 0 aromatic heterocycles. The van der Waals surface area contributed by atoms with Crippen molar-refractivity contribution in [3.8, 4) is 0 Å². The van der Waals surface area contributed by atoms with Crippen LogP contribution in [0.25, 0.3) is 0 Å². The summed E-state index contributed by atoms with van der Waals surface area (Å²) in [5, 5.41) is 3.74. The van der Waals surface area contributed by atoms with Gasteiger partial charge in [-0.15, -0.1) is 5.10 Å². The SMILES string of the molecule is Cc1ccc(S(=O)(=O)N/N=C(\c2c(Cl)cc(F)cc2Cl)N2CCN(C(=O)C(F)(F)F)CC23CC3)cc1. The number of carbonyl (C=O) groups excluding carboxylic acids is 1. The highest BCUT2D eigenvalue weighted by Gasteiger charge is 2.56. The highest BCUT2D eigenvalue weighted by molar-refractivity contribution is 7.89. The molecule has 0 atom stereocenters. The summed E-state index contributed by atoms with van der Waals surface area (Å²) in [5.41, 5.74) is -0.0906. The number of alkyl halides is 3. The van der Waals surface area contributed by atoms with Crippen LogP contribution in [-0.4, -0.2) is 61.3 Å². The molecule has 1 N–H and O–H groups in total. The minimum Gasteiger partial charge on any atom is -0.345 e. The van der Waals surface area contributed by atoms with E-state index in [0.29, 0.717) is 17.7 Å². The second kappa shape index (κ2) is 9.38. The Hall–Kier alpha value is -2.57. The highest BCUT2D eigenvalue weighted by Crippen LogP contribution is 2.46. The van der Waals surface area contributed by atoms with Gasteiger partial charge in [-0.25, -0.2) is 4.39 Å². The number of benzene rings is 2. The van der Waals surface area contributed by atoms with E-state index in [-0.39, 0.29) is 46.0 Å². The number of halogens is 6. The van der Waals surface area contributed by atoms with Crippen molar-refractivity contribution >= 4 is 45.0 Å². The number of amidine groups is 1. The second-order valence-corrected chi connectivity index (χ2v) is 11.2. The summed E-state index contributed by atoms with van der Waals surface area (Å²) >= 11 is 12.5. The average molecular weight is 567 g/mol. The smallest absolute Gasteiger partial charge is 0.345 e.